The fraction of sp³-hybridized carbons (Fsp3) is 0.273. The average Bonchev–Trinajstić information content (AvgIpc) is 2.98. The molecule has 0 saturated carbocycles. The standard InChI is InChI=1S/C22H21ClFNO4/c1-3-4-5-15(22(28)29)18-12(2)25(16-10-11-17(26)20(24)19(16)18)21(27)13-6-8-14(23)9-7-13/h6-11,15,26H,3-5H2,1-2H3,(H,28,29)/t15-/m0/s1. The lowest BCUT2D eigenvalue weighted by Gasteiger charge is -2.14. The summed E-state index contributed by atoms with van der Waals surface area (Å²) in [6, 6.07) is 8.84. The van der Waals surface area contributed by atoms with Crippen molar-refractivity contribution in [2.45, 2.75) is 39.0 Å². The van der Waals surface area contributed by atoms with Gasteiger partial charge in [0.2, 0.25) is 0 Å². The van der Waals surface area contributed by atoms with E-state index >= 15 is 0 Å². The molecule has 2 N–H and O–H groups in total. The lowest BCUT2D eigenvalue weighted by molar-refractivity contribution is -0.139. The molecule has 5 nitrogen and oxygen atoms in total. The van der Waals surface area contributed by atoms with E-state index in [-0.39, 0.29) is 16.5 Å². The van der Waals surface area contributed by atoms with Crippen molar-refractivity contribution in [3.05, 3.63) is 64.1 Å². The molecule has 29 heavy (non-hydrogen) atoms. The Balaban J connectivity index is 2.30. The molecule has 0 fully saturated rings. The Hall–Kier alpha value is -2.86. The Kier molecular flexibility index (Phi) is 5.94. The van der Waals surface area contributed by atoms with Crippen molar-refractivity contribution in [1.29, 1.82) is 0 Å². The number of aromatic nitrogens is 1. The van der Waals surface area contributed by atoms with Crippen LogP contribution in [0.25, 0.3) is 10.9 Å². The van der Waals surface area contributed by atoms with Gasteiger partial charge in [-0.1, -0.05) is 31.4 Å². The molecular formula is C22H21ClFNO4. The largest absolute Gasteiger partial charge is 0.505 e. The summed E-state index contributed by atoms with van der Waals surface area (Å²) in [7, 11) is 0. The van der Waals surface area contributed by atoms with E-state index in [9.17, 15) is 24.2 Å². The first-order valence-electron chi connectivity index (χ1n) is 9.33. The summed E-state index contributed by atoms with van der Waals surface area (Å²) in [5.74, 6) is -4.03. The molecule has 1 aromatic heterocycles. The Morgan fingerprint density at radius 3 is 2.41 bits per heavy atom. The second-order valence-electron chi connectivity index (χ2n) is 6.97. The van der Waals surface area contributed by atoms with Crippen molar-refractivity contribution in [2.24, 2.45) is 0 Å². The second kappa shape index (κ2) is 8.25. The number of phenolic OH excluding ortho intramolecular Hbond substituents is 1. The number of benzene rings is 2. The summed E-state index contributed by atoms with van der Waals surface area (Å²) in [4.78, 5) is 25.2. The maximum absolute atomic E-state index is 14.9. The molecule has 2 aromatic carbocycles. The van der Waals surface area contributed by atoms with Crippen LogP contribution in [0.2, 0.25) is 5.02 Å². The quantitative estimate of drug-likeness (QED) is 0.555. The molecule has 7 heteroatoms. The predicted octanol–water partition coefficient (Wildman–Crippen LogP) is 5.49. The third-order valence-corrected chi connectivity index (χ3v) is 5.37. The first kappa shape index (κ1) is 20.9. The lowest BCUT2D eigenvalue weighted by atomic mass is 9.91. The number of unbranched alkanes of at least 4 members (excludes halogenated alkanes) is 1. The normalized spacial score (nSPS) is 12.3. The Morgan fingerprint density at radius 1 is 1.17 bits per heavy atom. The van der Waals surface area contributed by atoms with E-state index in [4.69, 9.17) is 11.6 Å². The van der Waals surface area contributed by atoms with Crippen LogP contribution in [0.1, 0.15) is 53.7 Å². The molecule has 0 aliphatic carbocycles. The molecular weight excluding hydrogens is 397 g/mol. The molecule has 0 radical (unpaired) electrons. The number of aliphatic carboxylic acids is 1. The third kappa shape index (κ3) is 3.72. The fourth-order valence-electron chi connectivity index (χ4n) is 3.69. The van der Waals surface area contributed by atoms with Gasteiger partial charge in [0.25, 0.3) is 5.91 Å². The van der Waals surface area contributed by atoms with Crippen molar-refractivity contribution in [2.75, 3.05) is 0 Å². The van der Waals surface area contributed by atoms with Gasteiger partial charge in [-0.2, -0.15) is 0 Å². The molecule has 0 saturated heterocycles. The molecule has 3 aromatic rings. The van der Waals surface area contributed by atoms with Crippen LogP contribution in [0, 0.1) is 12.7 Å². The average molecular weight is 418 g/mol. The fourth-order valence-corrected chi connectivity index (χ4v) is 3.81. The SMILES string of the molecule is CCCC[C@H](C(=O)O)c1c(C)n(C(=O)c2ccc(Cl)cc2)c2ccc(O)c(F)c12. The Bertz CT molecular complexity index is 1090. The molecule has 0 aliphatic rings. The number of carbonyl (C=O) groups is 2. The molecule has 1 heterocycles. The number of carboxylic acids is 1. The maximum Gasteiger partial charge on any atom is 0.311 e. The van der Waals surface area contributed by atoms with Gasteiger partial charge in [0.15, 0.2) is 11.6 Å². The Morgan fingerprint density at radius 2 is 1.83 bits per heavy atom. The van der Waals surface area contributed by atoms with Crippen molar-refractivity contribution < 1.29 is 24.2 Å². The van der Waals surface area contributed by atoms with Gasteiger partial charge in [0.1, 0.15) is 0 Å². The highest BCUT2D eigenvalue weighted by atomic mass is 35.5. The van der Waals surface area contributed by atoms with E-state index in [0.717, 1.165) is 12.5 Å². The summed E-state index contributed by atoms with van der Waals surface area (Å²) >= 11 is 5.90. The number of fused-ring (bicyclic) bond motifs is 1. The highest BCUT2D eigenvalue weighted by Crippen LogP contribution is 2.39. The van der Waals surface area contributed by atoms with Crippen molar-refractivity contribution in [3.63, 3.8) is 0 Å². The monoisotopic (exact) mass is 417 g/mol. The first-order chi connectivity index (χ1) is 13.8. The van der Waals surface area contributed by atoms with Crippen LogP contribution in [-0.4, -0.2) is 26.7 Å². The minimum Gasteiger partial charge on any atom is -0.505 e. The molecule has 0 aliphatic heterocycles. The smallest absolute Gasteiger partial charge is 0.311 e. The number of hydrogen-bond donors (Lipinski definition) is 2. The van der Waals surface area contributed by atoms with Crippen LogP contribution in [0.15, 0.2) is 36.4 Å². The number of nitrogens with zero attached hydrogens (tertiary/aromatic N) is 1. The summed E-state index contributed by atoms with van der Waals surface area (Å²) in [6.07, 6.45) is 1.71. The molecule has 0 amide bonds. The van der Waals surface area contributed by atoms with Crippen molar-refractivity contribution in [1.82, 2.24) is 4.57 Å². The van der Waals surface area contributed by atoms with E-state index in [2.05, 4.69) is 0 Å². The number of aromatic hydroxyl groups is 1. The maximum atomic E-state index is 14.9. The number of phenols is 1. The highest BCUT2D eigenvalue weighted by Gasteiger charge is 2.31. The van der Waals surface area contributed by atoms with Crippen LogP contribution in [0.4, 0.5) is 4.39 Å². The topological polar surface area (TPSA) is 79.5 Å². The van der Waals surface area contributed by atoms with Gasteiger partial charge in [-0.3, -0.25) is 14.2 Å². The van der Waals surface area contributed by atoms with Crippen LogP contribution in [-0.2, 0) is 4.79 Å². The van der Waals surface area contributed by atoms with Crippen LogP contribution in [0.3, 0.4) is 0 Å². The van der Waals surface area contributed by atoms with Gasteiger partial charge in [-0.15, -0.1) is 0 Å². The number of halogens is 2. The zero-order chi connectivity index (χ0) is 21.3. The van der Waals surface area contributed by atoms with Gasteiger partial charge in [0.05, 0.1) is 11.4 Å². The number of carbonyl (C=O) groups excluding carboxylic acids is 1. The van der Waals surface area contributed by atoms with E-state index < -0.39 is 29.4 Å². The number of carboxylic acid groups (broad SMARTS) is 1. The van der Waals surface area contributed by atoms with E-state index in [1.54, 1.807) is 31.2 Å². The zero-order valence-corrected chi connectivity index (χ0v) is 16.8. The van der Waals surface area contributed by atoms with Crippen molar-refractivity contribution in [3.8, 4) is 5.75 Å². The summed E-state index contributed by atoms with van der Waals surface area (Å²) in [5, 5.41) is 20.1. The molecule has 152 valence electrons. The molecule has 1 atom stereocenters. The van der Waals surface area contributed by atoms with Gasteiger partial charge in [0, 0.05) is 21.7 Å². The summed E-state index contributed by atoms with van der Waals surface area (Å²) in [6.45, 7) is 3.53. The molecule has 0 unspecified atom stereocenters. The number of hydrogen-bond acceptors (Lipinski definition) is 3. The first-order valence-corrected chi connectivity index (χ1v) is 9.71. The van der Waals surface area contributed by atoms with Gasteiger partial charge in [-0.25, -0.2) is 4.39 Å². The molecule has 0 spiro atoms. The number of rotatable bonds is 6. The van der Waals surface area contributed by atoms with E-state index in [1.807, 2.05) is 6.92 Å². The summed E-state index contributed by atoms with van der Waals surface area (Å²) < 4.78 is 16.2. The second-order valence-corrected chi connectivity index (χ2v) is 7.41. The highest BCUT2D eigenvalue weighted by molar-refractivity contribution is 6.30. The van der Waals surface area contributed by atoms with Gasteiger partial charge in [-0.05, 0) is 55.3 Å². The Labute approximate surface area is 172 Å². The van der Waals surface area contributed by atoms with Crippen LogP contribution < -0.4 is 0 Å². The molecule has 3 rings (SSSR count). The minimum atomic E-state index is -1.10. The van der Waals surface area contributed by atoms with E-state index in [1.165, 1.54) is 10.6 Å². The van der Waals surface area contributed by atoms with Crippen LogP contribution in [0.5, 0.6) is 5.75 Å². The zero-order valence-electron chi connectivity index (χ0n) is 16.1. The lowest BCUT2D eigenvalue weighted by Crippen LogP contribution is -2.16. The van der Waals surface area contributed by atoms with Crippen molar-refractivity contribution >= 4 is 34.4 Å². The van der Waals surface area contributed by atoms with Gasteiger partial charge < -0.3 is 10.2 Å². The minimum absolute atomic E-state index is 0.0340. The van der Waals surface area contributed by atoms with E-state index in [0.29, 0.717) is 29.1 Å². The summed E-state index contributed by atoms with van der Waals surface area (Å²) in [5.41, 5.74) is 1.11. The van der Waals surface area contributed by atoms with Crippen LogP contribution >= 0.6 is 11.6 Å². The third-order valence-electron chi connectivity index (χ3n) is 5.12. The van der Waals surface area contributed by atoms with Gasteiger partial charge >= 0.3 is 5.97 Å². The predicted molar refractivity (Wildman–Crippen MR) is 109 cm³/mol. The molecule has 0 bridgehead atoms.